The largest absolute Gasteiger partial charge is 2.00 e. The molecule has 3 aromatic heterocycles. The minimum absolute atomic E-state index is 0. The Morgan fingerprint density at radius 3 is 1.39 bits per heavy atom. The predicted molar refractivity (Wildman–Crippen MR) is 216 cm³/mol. The van der Waals surface area contributed by atoms with E-state index >= 15 is 0 Å². The number of rotatable bonds is 6. The number of aryl methyl sites for hydroxylation is 2. The summed E-state index contributed by atoms with van der Waals surface area (Å²) in [5.74, 6) is 3.54. The number of nitrogens with zero attached hydrogens (tertiary/aromatic N) is 4. The SMILES string of the molecule is C#CCOc1cccc(-c2c3nc(c(-c4cccc(O)c4)c4ccc([n-]4)c(-c4cccc(O)c4)c4nc(c(-c5cccc(O)c5)c5ccc2[n-]5)C=C4)CC3)c1.[Zn+2]. The number of ether oxygens (including phenoxy) is 1. The van der Waals surface area contributed by atoms with Crippen LogP contribution in [0.3, 0.4) is 0 Å². The second-order valence-electron chi connectivity index (χ2n) is 13.3. The molecule has 2 aliphatic rings. The minimum Gasteiger partial charge on any atom is -0.657 e. The maximum atomic E-state index is 10.6. The number of hydrogen-bond acceptors (Lipinski definition) is 6. The van der Waals surface area contributed by atoms with Gasteiger partial charge in [-0.25, -0.2) is 4.98 Å². The Kier molecular flexibility index (Phi) is 9.74. The molecule has 7 aromatic rings. The monoisotopic (exact) mass is 780 g/mol. The quantitative estimate of drug-likeness (QED) is 0.113. The van der Waals surface area contributed by atoms with Crippen molar-refractivity contribution in [1.29, 1.82) is 0 Å². The fourth-order valence-electron chi connectivity index (χ4n) is 7.42. The molecule has 56 heavy (non-hydrogen) atoms. The van der Waals surface area contributed by atoms with Crippen LogP contribution in [0, 0.1) is 12.3 Å². The number of phenols is 3. The molecule has 9 rings (SSSR count). The molecule has 9 heteroatoms. The zero-order valence-electron chi connectivity index (χ0n) is 30.1. The van der Waals surface area contributed by atoms with E-state index in [1.54, 1.807) is 48.5 Å². The van der Waals surface area contributed by atoms with E-state index < -0.39 is 0 Å². The van der Waals surface area contributed by atoms with Crippen molar-refractivity contribution in [2.75, 3.05) is 6.61 Å². The number of terminal acetylenes is 1. The summed E-state index contributed by atoms with van der Waals surface area (Å²) in [6, 6.07) is 36.9. The van der Waals surface area contributed by atoms with Gasteiger partial charge in [0.25, 0.3) is 0 Å². The molecule has 4 aromatic carbocycles. The van der Waals surface area contributed by atoms with Crippen LogP contribution in [0.5, 0.6) is 23.0 Å². The molecule has 2 aliphatic heterocycles. The van der Waals surface area contributed by atoms with E-state index in [0.29, 0.717) is 52.0 Å². The van der Waals surface area contributed by atoms with Gasteiger partial charge in [-0.1, -0.05) is 78.7 Å². The first-order valence-electron chi connectivity index (χ1n) is 17.8. The number of aromatic hydroxyl groups is 3. The van der Waals surface area contributed by atoms with Crippen molar-refractivity contribution >= 4 is 34.2 Å². The molecule has 0 unspecified atom stereocenters. The Morgan fingerprint density at radius 1 is 0.536 bits per heavy atom. The maximum Gasteiger partial charge on any atom is 2.00 e. The number of aromatic nitrogens is 4. The Morgan fingerprint density at radius 2 is 0.946 bits per heavy atom. The van der Waals surface area contributed by atoms with Gasteiger partial charge in [0.05, 0.1) is 11.4 Å². The van der Waals surface area contributed by atoms with Crippen LogP contribution in [-0.4, -0.2) is 31.9 Å². The summed E-state index contributed by atoms with van der Waals surface area (Å²) in [5.41, 5.74) is 11.9. The first kappa shape index (κ1) is 36.1. The first-order valence-corrected chi connectivity index (χ1v) is 17.8. The molecule has 0 fully saturated rings. The summed E-state index contributed by atoms with van der Waals surface area (Å²) in [7, 11) is 0. The van der Waals surface area contributed by atoms with Crippen LogP contribution < -0.4 is 14.7 Å². The van der Waals surface area contributed by atoms with Crippen LogP contribution in [0.15, 0.2) is 121 Å². The van der Waals surface area contributed by atoms with Gasteiger partial charge in [-0.05, 0) is 118 Å². The van der Waals surface area contributed by atoms with E-state index in [1.165, 1.54) is 0 Å². The second kappa shape index (κ2) is 15.1. The Bertz CT molecular complexity index is 2900. The van der Waals surface area contributed by atoms with Crippen LogP contribution in [0.1, 0.15) is 22.8 Å². The Hall–Kier alpha value is -6.88. The minimum atomic E-state index is 0. The summed E-state index contributed by atoms with van der Waals surface area (Å²) < 4.78 is 5.84. The van der Waals surface area contributed by atoms with Crippen molar-refractivity contribution in [3.8, 4) is 79.8 Å². The molecule has 0 atom stereocenters. The zero-order valence-corrected chi connectivity index (χ0v) is 33.1. The van der Waals surface area contributed by atoms with Crippen molar-refractivity contribution in [3.63, 3.8) is 0 Å². The fourth-order valence-corrected chi connectivity index (χ4v) is 7.42. The Labute approximate surface area is 335 Å². The number of fused-ring (bicyclic) bond motifs is 8. The summed E-state index contributed by atoms with van der Waals surface area (Å²) in [6.45, 7) is 0.134. The van der Waals surface area contributed by atoms with Crippen LogP contribution in [0.2, 0.25) is 0 Å². The van der Waals surface area contributed by atoms with Crippen molar-refractivity contribution in [3.05, 3.63) is 144 Å². The van der Waals surface area contributed by atoms with Gasteiger partial charge < -0.3 is 30.0 Å². The van der Waals surface area contributed by atoms with Gasteiger partial charge >= 0.3 is 19.5 Å². The van der Waals surface area contributed by atoms with Crippen molar-refractivity contribution < 1.29 is 39.5 Å². The normalized spacial score (nSPS) is 11.8. The molecular formula is C47H32N4O4Zn. The molecule has 8 nitrogen and oxygen atoms in total. The van der Waals surface area contributed by atoms with E-state index in [4.69, 9.17) is 31.1 Å². The molecule has 5 heterocycles. The van der Waals surface area contributed by atoms with Gasteiger partial charge in [-0.3, -0.25) is 4.98 Å². The summed E-state index contributed by atoms with van der Waals surface area (Å²) in [4.78, 5) is 21.0. The average Bonchev–Trinajstić information content (AvgIpc) is 4.02. The van der Waals surface area contributed by atoms with Gasteiger partial charge in [0.15, 0.2) is 0 Å². The van der Waals surface area contributed by atoms with E-state index in [-0.39, 0.29) is 43.3 Å². The van der Waals surface area contributed by atoms with E-state index in [0.717, 1.165) is 55.9 Å². The molecule has 0 aliphatic carbocycles. The molecule has 0 amide bonds. The number of hydrogen-bond donors (Lipinski definition) is 3. The third kappa shape index (κ3) is 6.83. The van der Waals surface area contributed by atoms with Crippen molar-refractivity contribution in [1.82, 2.24) is 19.9 Å². The number of phenolic OH excluding ortho intramolecular Hbond substituents is 3. The summed E-state index contributed by atoms with van der Waals surface area (Å²) in [6.07, 6.45) is 10.6. The van der Waals surface area contributed by atoms with E-state index in [2.05, 4.69) is 5.92 Å². The zero-order chi connectivity index (χ0) is 37.5. The van der Waals surface area contributed by atoms with Crippen molar-refractivity contribution in [2.45, 2.75) is 12.8 Å². The summed E-state index contributed by atoms with van der Waals surface area (Å²) in [5, 5.41) is 31.8. The van der Waals surface area contributed by atoms with Crippen LogP contribution in [0.4, 0.5) is 0 Å². The van der Waals surface area contributed by atoms with E-state index in [1.807, 2.05) is 84.9 Å². The van der Waals surface area contributed by atoms with Gasteiger partial charge in [0.1, 0.15) is 29.6 Å². The van der Waals surface area contributed by atoms with Gasteiger partial charge in [0, 0.05) is 11.4 Å². The number of benzene rings is 4. The Balaban J connectivity index is 0.00000441. The molecule has 266 valence electrons. The van der Waals surface area contributed by atoms with E-state index in [9.17, 15) is 15.3 Å². The van der Waals surface area contributed by atoms with Gasteiger partial charge in [0.2, 0.25) is 0 Å². The second-order valence-corrected chi connectivity index (χ2v) is 13.3. The van der Waals surface area contributed by atoms with Gasteiger partial charge in [-0.15, -0.1) is 28.5 Å². The first-order chi connectivity index (χ1) is 26.9. The third-order valence-corrected chi connectivity index (χ3v) is 9.75. The topological polar surface area (TPSA) is 124 Å². The van der Waals surface area contributed by atoms with Crippen molar-refractivity contribution in [2.24, 2.45) is 0 Å². The molecule has 0 saturated heterocycles. The summed E-state index contributed by atoms with van der Waals surface area (Å²) >= 11 is 0. The standard InChI is InChI=1S/C47H32N4O4.Zn/c1-2-23-55-35-14-6-10-31(27-35)47-42-21-19-40(50-42)45(29-8-4-12-33(53)25-29)38-17-15-36(48-38)44(28-7-3-11-32(52)24-28)37-16-18-39(49-37)46(41-20-22-43(47)51-41)30-9-5-13-34(54)26-30;/h1,3-19,21,24-27H,20,22-23H2,(H3-2,48,49,50,51,52,53,54);/q-2;+2. The van der Waals surface area contributed by atoms with Crippen LogP contribution in [0.25, 0.3) is 78.7 Å². The molecule has 8 bridgehead atoms. The van der Waals surface area contributed by atoms with Gasteiger partial charge in [-0.2, -0.15) is 0 Å². The molecule has 0 spiro atoms. The molecule has 0 radical (unpaired) electrons. The smallest absolute Gasteiger partial charge is 0.657 e. The fraction of sp³-hybridized carbons (Fsp3) is 0.0638. The van der Waals surface area contributed by atoms with Crippen LogP contribution in [-0.2, 0) is 32.3 Å². The average molecular weight is 782 g/mol. The molecular weight excluding hydrogens is 750 g/mol. The third-order valence-electron chi connectivity index (χ3n) is 9.75. The molecule has 3 N–H and O–H groups in total. The maximum absolute atomic E-state index is 10.6. The van der Waals surface area contributed by atoms with Crippen LogP contribution >= 0.6 is 0 Å². The predicted octanol–water partition coefficient (Wildman–Crippen LogP) is 9.32. The molecule has 0 saturated carbocycles.